The number of benzene rings is 1. The predicted molar refractivity (Wildman–Crippen MR) is 76.2 cm³/mol. The Morgan fingerprint density at radius 1 is 1.21 bits per heavy atom. The van der Waals surface area contributed by atoms with Crippen LogP contribution >= 0.6 is 0 Å². The highest BCUT2D eigenvalue weighted by molar-refractivity contribution is 5.45. The molecule has 0 aliphatic rings. The molecule has 0 radical (unpaired) electrons. The second-order valence-electron chi connectivity index (χ2n) is 4.42. The molecule has 0 atom stereocenters. The minimum Gasteiger partial charge on any atom is -0.396 e. The number of hydrogen-bond donors (Lipinski definition) is 1. The predicted octanol–water partition coefficient (Wildman–Crippen LogP) is 2.61. The van der Waals surface area contributed by atoms with Crippen LogP contribution in [0.1, 0.15) is 29.8 Å². The lowest BCUT2D eigenvalue weighted by Gasteiger charge is -2.03. The standard InChI is InChI=1S/C16H18N2O/c1-13-16(11-7-4-8-12-19)14(2)18(17-13)15-9-5-3-6-10-15/h3,5-6,9-10,19H,4,8,12H2,1-2H3. The van der Waals surface area contributed by atoms with Crippen molar-refractivity contribution < 1.29 is 5.11 Å². The Morgan fingerprint density at radius 3 is 2.63 bits per heavy atom. The maximum atomic E-state index is 8.74. The molecule has 0 aliphatic heterocycles. The van der Waals surface area contributed by atoms with Crippen molar-refractivity contribution in [2.45, 2.75) is 26.7 Å². The lowest BCUT2D eigenvalue weighted by molar-refractivity contribution is 0.290. The van der Waals surface area contributed by atoms with Crippen LogP contribution < -0.4 is 0 Å². The van der Waals surface area contributed by atoms with Gasteiger partial charge in [-0.2, -0.15) is 5.10 Å². The Morgan fingerprint density at radius 2 is 1.95 bits per heavy atom. The Balaban J connectivity index is 2.32. The van der Waals surface area contributed by atoms with Gasteiger partial charge in [0.05, 0.1) is 22.6 Å². The molecule has 0 fully saturated rings. The molecule has 1 aromatic heterocycles. The largest absolute Gasteiger partial charge is 0.396 e. The molecule has 0 saturated heterocycles. The van der Waals surface area contributed by atoms with Crippen LogP contribution in [-0.4, -0.2) is 21.5 Å². The summed E-state index contributed by atoms with van der Waals surface area (Å²) in [6, 6.07) is 10.0. The van der Waals surface area contributed by atoms with Crippen LogP contribution in [-0.2, 0) is 0 Å². The lowest BCUT2D eigenvalue weighted by Crippen LogP contribution is -1.98. The van der Waals surface area contributed by atoms with Crippen molar-refractivity contribution in [2.24, 2.45) is 0 Å². The molecule has 1 N–H and O–H groups in total. The summed E-state index contributed by atoms with van der Waals surface area (Å²) in [7, 11) is 0. The Kier molecular flexibility index (Phi) is 4.38. The molecular formula is C16H18N2O. The number of para-hydroxylation sites is 1. The second kappa shape index (κ2) is 6.21. The average Bonchev–Trinajstić information content (AvgIpc) is 2.72. The van der Waals surface area contributed by atoms with Crippen LogP contribution in [0.25, 0.3) is 5.69 Å². The topological polar surface area (TPSA) is 38.0 Å². The van der Waals surface area contributed by atoms with Crippen molar-refractivity contribution >= 4 is 0 Å². The maximum Gasteiger partial charge on any atom is 0.0757 e. The van der Waals surface area contributed by atoms with Gasteiger partial charge >= 0.3 is 0 Å². The van der Waals surface area contributed by atoms with Gasteiger partial charge in [-0.3, -0.25) is 0 Å². The molecule has 19 heavy (non-hydrogen) atoms. The summed E-state index contributed by atoms with van der Waals surface area (Å²) in [5.41, 5.74) is 4.03. The van der Waals surface area contributed by atoms with E-state index in [1.54, 1.807) is 0 Å². The average molecular weight is 254 g/mol. The summed E-state index contributed by atoms with van der Waals surface area (Å²) in [5.74, 6) is 6.25. The van der Waals surface area contributed by atoms with Gasteiger partial charge in [-0.1, -0.05) is 30.0 Å². The SMILES string of the molecule is Cc1nn(-c2ccccc2)c(C)c1C#CCCCO. The zero-order chi connectivity index (χ0) is 13.7. The number of aliphatic hydroxyl groups is 1. The third-order valence-corrected chi connectivity index (χ3v) is 2.97. The number of aromatic nitrogens is 2. The number of rotatable bonds is 3. The molecular weight excluding hydrogens is 236 g/mol. The van der Waals surface area contributed by atoms with Crippen LogP contribution in [0.15, 0.2) is 30.3 Å². The summed E-state index contributed by atoms with van der Waals surface area (Å²) in [4.78, 5) is 0. The van der Waals surface area contributed by atoms with E-state index in [2.05, 4.69) is 16.9 Å². The van der Waals surface area contributed by atoms with Gasteiger partial charge < -0.3 is 5.11 Å². The fourth-order valence-electron chi connectivity index (χ4n) is 1.96. The summed E-state index contributed by atoms with van der Waals surface area (Å²) in [6.45, 7) is 4.20. The van der Waals surface area contributed by atoms with Crippen molar-refractivity contribution in [1.82, 2.24) is 9.78 Å². The van der Waals surface area contributed by atoms with E-state index in [-0.39, 0.29) is 6.61 Å². The maximum absolute atomic E-state index is 8.74. The Bertz CT molecular complexity index is 603. The first-order valence-corrected chi connectivity index (χ1v) is 6.45. The molecule has 3 nitrogen and oxygen atoms in total. The molecule has 2 rings (SSSR count). The second-order valence-corrected chi connectivity index (χ2v) is 4.42. The fourth-order valence-corrected chi connectivity index (χ4v) is 1.96. The van der Waals surface area contributed by atoms with E-state index in [9.17, 15) is 0 Å². The Labute approximate surface area is 113 Å². The van der Waals surface area contributed by atoms with E-state index in [1.807, 2.05) is 48.9 Å². The summed E-state index contributed by atoms with van der Waals surface area (Å²) in [6.07, 6.45) is 1.43. The smallest absolute Gasteiger partial charge is 0.0757 e. The van der Waals surface area contributed by atoms with Gasteiger partial charge in [0.25, 0.3) is 0 Å². The molecule has 3 heteroatoms. The first-order valence-electron chi connectivity index (χ1n) is 6.45. The van der Waals surface area contributed by atoms with Crippen LogP contribution in [0, 0.1) is 25.7 Å². The van der Waals surface area contributed by atoms with E-state index in [4.69, 9.17) is 5.11 Å². The molecule has 0 saturated carbocycles. The van der Waals surface area contributed by atoms with Crippen molar-refractivity contribution in [3.8, 4) is 17.5 Å². The van der Waals surface area contributed by atoms with Gasteiger partial charge in [0.2, 0.25) is 0 Å². The van der Waals surface area contributed by atoms with Gasteiger partial charge in [-0.25, -0.2) is 4.68 Å². The number of aliphatic hydroxyl groups excluding tert-OH is 1. The molecule has 0 unspecified atom stereocenters. The van der Waals surface area contributed by atoms with E-state index >= 15 is 0 Å². The van der Waals surface area contributed by atoms with Crippen LogP contribution in [0.5, 0.6) is 0 Å². The third-order valence-electron chi connectivity index (χ3n) is 2.97. The highest BCUT2D eigenvalue weighted by Gasteiger charge is 2.10. The zero-order valence-corrected chi connectivity index (χ0v) is 11.3. The highest BCUT2D eigenvalue weighted by atomic mass is 16.2. The first kappa shape index (κ1) is 13.4. The summed E-state index contributed by atoms with van der Waals surface area (Å²) >= 11 is 0. The van der Waals surface area contributed by atoms with Crippen LogP contribution in [0.3, 0.4) is 0 Å². The molecule has 1 aromatic carbocycles. The van der Waals surface area contributed by atoms with Gasteiger partial charge in [0.1, 0.15) is 0 Å². The van der Waals surface area contributed by atoms with E-state index in [1.165, 1.54) is 0 Å². The molecule has 2 aromatic rings. The van der Waals surface area contributed by atoms with Crippen molar-refractivity contribution in [2.75, 3.05) is 6.61 Å². The van der Waals surface area contributed by atoms with E-state index < -0.39 is 0 Å². The summed E-state index contributed by atoms with van der Waals surface area (Å²) in [5, 5.41) is 13.3. The molecule has 0 aliphatic carbocycles. The number of aryl methyl sites for hydroxylation is 1. The number of hydrogen-bond acceptors (Lipinski definition) is 2. The van der Waals surface area contributed by atoms with Crippen LogP contribution in [0.4, 0.5) is 0 Å². The molecule has 0 spiro atoms. The fraction of sp³-hybridized carbons (Fsp3) is 0.312. The number of nitrogens with zero attached hydrogens (tertiary/aromatic N) is 2. The van der Waals surface area contributed by atoms with Gasteiger partial charge in [0.15, 0.2) is 0 Å². The normalized spacial score (nSPS) is 10.1. The molecule has 0 bridgehead atoms. The van der Waals surface area contributed by atoms with Crippen molar-refractivity contribution in [1.29, 1.82) is 0 Å². The van der Waals surface area contributed by atoms with Crippen LogP contribution in [0.2, 0.25) is 0 Å². The van der Waals surface area contributed by atoms with E-state index in [0.29, 0.717) is 6.42 Å². The molecule has 98 valence electrons. The lowest BCUT2D eigenvalue weighted by atomic mass is 10.2. The first-order chi connectivity index (χ1) is 9.24. The Hall–Kier alpha value is -2.05. The van der Waals surface area contributed by atoms with E-state index in [0.717, 1.165) is 29.1 Å². The highest BCUT2D eigenvalue weighted by Crippen LogP contribution is 2.16. The monoisotopic (exact) mass is 254 g/mol. The minimum atomic E-state index is 0.190. The minimum absolute atomic E-state index is 0.190. The summed E-state index contributed by atoms with van der Waals surface area (Å²) < 4.78 is 1.92. The van der Waals surface area contributed by atoms with Crippen molar-refractivity contribution in [3.05, 3.63) is 47.3 Å². The van der Waals surface area contributed by atoms with Gasteiger partial charge in [0, 0.05) is 13.0 Å². The van der Waals surface area contributed by atoms with Gasteiger partial charge in [-0.05, 0) is 32.4 Å². The third kappa shape index (κ3) is 3.04. The zero-order valence-electron chi connectivity index (χ0n) is 11.3. The molecule has 0 amide bonds. The number of unbranched alkanes of at least 4 members (excludes halogenated alkanes) is 1. The quantitative estimate of drug-likeness (QED) is 0.675. The van der Waals surface area contributed by atoms with Gasteiger partial charge in [-0.15, -0.1) is 0 Å². The van der Waals surface area contributed by atoms with Crippen molar-refractivity contribution in [3.63, 3.8) is 0 Å². The molecule has 1 heterocycles.